The van der Waals surface area contributed by atoms with Crippen LogP contribution < -0.4 is 5.73 Å². The Morgan fingerprint density at radius 2 is 1.81 bits per heavy atom. The van der Waals surface area contributed by atoms with E-state index in [0.29, 0.717) is 17.8 Å². The van der Waals surface area contributed by atoms with Crippen molar-refractivity contribution in [2.45, 2.75) is 37.2 Å². The highest BCUT2D eigenvalue weighted by Gasteiger charge is 2.36. The first kappa shape index (κ1) is 16.4. The molecule has 2 N–H and O–H groups in total. The van der Waals surface area contributed by atoms with E-state index in [1.807, 2.05) is 6.07 Å². The normalized spacial score (nSPS) is 26.2. The molecule has 1 aromatic carbocycles. The molecule has 6 heteroatoms. The summed E-state index contributed by atoms with van der Waals surface area (Å²) < 4.78 is 32.8. The van der Waals surface area contributed by atoms with Gasteiger partial charge in [-0.15, -0.1) is 0 Å². The maximum absolute atomic E-state index is 11.2. The molecule has 0 aromatic heterocycles. The van der Waals surface area contributed by atoms with Crippen LogP contribution in [0.4, 0.5) is 0 Å². The fourth-order valence-corrected chi connectivity index (χ4v) is 3.73. The highest BCUT2D eigenvalue weighted by molar-refractivity contribution is 7.90. The molecule has 2 heterocycles. The van der Waals surface area contributed by atoms with Crippen LogP contribution >= 0.6 is 0 Å². The van der Waals surface area contributed by atoms with E-state index in [4.69, 9.17) is 15.2 Å². The Morgan fingerprint density at radius 3 is 2.14 bits per heavy atom. The molecule has 5 nitrogen and oxygen atoms in total. The number of rotatable bonds is 4. The first-order valence-electron chi connectivity index (χ1n) is 7.05. The summed E-state index contributed by atoms with van der Waals surface area (Å²) in [6, 6.07) is 8.90. The molecular formula is C15H23NO4S. The van der Waals surface area contributed by atoms with Gasteiger partial charge in [-0.2, -0.15) is 0 Å². The lowest BCUT2D eigenvalue weighted by Crippen LogP contribution is -2.44. The van der Waals surface area contributed by atoms with Crippen LogP contribution in [0.5, 0.6) is 0 Å². The van der Waals surface area contributed by atoms with E-state index in [1.165, 1.54) is 26.4 Å². The van der Waals surface area contributed by atoms with E-state index in [0.717, 1.165) is 6.26 Å². The van der Waals surface area contributed by atoms with Gasteiger partial charge in [0.15, 0.2) is 15.6 Å². The van der Waals surface area contributed by atoms with Gasteiger partial charge in [0, 0.05) is 13.4 Å². The van der Waals surface area contributed by atoms with Crippen molar-refractivity contribution in [2.24, 2.45) is 5.73 Å². The molecule has 4 rings (SSSR count). The van der Waals surface area contributed by atoms with Crippen molar-refractivity contribution < 1.29 is 17.9 Å². The minimum atomic E-state index is -3.19. The van der Waals surface area contributed by atoms with Crippen LogP contribution in [0.3, 0.4) is 0 Å². The van der Waals surface area contributed by atoms with Gasteiger partial charge in [0.05, 0.1) is 18.0 Å². The first-order chi connectivity index (χ1) is 9.82. The Balaban J connectivity index is 0.000000218. The number of ether oxygens (including phenoxy) is 2. The van der Waals surface area contributed by atoms with E-state index in [1.54, 1.807) is 24.3 Å². The third kappa shape index (κ3) is 4.51. The number of methoxy groups -OCH3 is 1. The molecule has 2 saturated heterocycles. The fraction of sp³-hybridized carbons (Fsp3) is 0.600. The Kier molecular flexibility index (Phi) is 5.03. The number of fused-ring (bicyclic) bond motifs is 1. The lowest BCUT2D eigenvalue weighted by atomic mass is 10.1. The van der Waals surface area contributed by atoms with Gasteiger partial charge in [-0.05, 0) is 24.8 Å². The van der Waals surface area contributed by atoms with Crippen molar-refractivity contribution in [1.82, 2.24) is 0 Å². The van der Waals surface area contributed by atoms with Gasteiger partial charge in [0.1, 0.15) is 0 Å². The van der Waals surface area contributed by atoms with E-state index in [-0.39, 0.29) is 5.75 Å². The average Bonchev–Trinajstić information content (AvgIpc) is 3.02. The summed E-state index contributed by atoms with van der Waals surface area (Å²) in [5, 5.41) is 0. The molecule has 1 aromatic rings. The number of benzene rings is 1. The van der Waals surface area contributed by atoms with Gasteiger partial charge in [-0.25, -0.2) is 8.42 Å². The number of hydrogen-bond donors (Lipinski definition) is 1. The van der Waals surface area contributed by atoms with Gasteiger partial charge in [-0.3, -0.25) is 5.73 Å². The number of nitrogens with two attached hydrogens (primary N) is 1. The van der Waals surface area contributed by atoms with Crippen molar-refractivity contribution >= 4 is 9.84 Å². The monoisotopic (exact) mass is 313 g/mol. The molecule has 2 bridgehead atoms. The van der Waals surface area contributed by atoms with Crippen molar-refractivity contribution in [3.05, 3.63) is 35.9 Å². The molecule has 118 valence electrons. The molecule has 3 atom stereocenters. The number of sulfone groups is 1. The summed E-state index contributed by atoms with van der Waals surface area (Å²) in [5.41, 5.74) is 5.29. The second-order valence-corrected chi connectivity index (χ2v) is 7.86. The van der Waals surface area contributed by atoms with E-state index >= 15 is 0 Å². The molecule has 1 saturated carbocycles. The molecule has 0 amide bonds. The Morgan fingerprint density at radius 1 is 1.29 bits per heavy atom. The Hall–Kier alpha value is -0.950. The second kappa shape index (κ2) is 6.44. The van der Waals surface area contributed by atoms with Crippen LogP contribution in [0.15, 0.2) is 30.3 Å². The molecule has 0 radical (unpaired) electrons. The lowest BCUT2D eigenvalue weighted by Gasteiger charge is -2.27. The summed E-state index contributed by atoms with van der Waals surface area (Å²) in [4.78, 5) is 0. The van der Waals surface area contributed by atoms with E-state index in [9.17, 15) is 8.42 Å². The average molecular weight is 313 g/mol. The van der Waals surface area contributed by atoms with Crippen LogP contribution in [0.1, 0.15) is 24.8 Å². The van der Waals surface area contributed by atoms with Crippen LogP contribution in [0.2, 0.25) is 0 Å². The first-order valence-corrected chi connectivity index (χ1v) is 9.11. The highest BCUT2D eigenvalue weighted by atomic mass is 32.2. The predicted octanol–water partition coefficient (Wildman–Crippen LogP) is 1.43. The third-order valence-electron chi connectivity index (χ3n) is 3.82. The smallest absolute Gasteiger partial charge is 0.156 e. The zero-order valence-electron chi connectivity index (χ0n) is 12.5. The van der Waals surface area contributed by atoms with Gasteiger partial charge in [0.25, 0.3) is 0 Å². The van der Waals surface area contributed by atoms with Crippen molar-refractivity contribution in [1.29, 1.82) is 0 Å². The van der Waals surface area contributed by atoms with Crippen LogP contribution in [0, 0.1) is 0 Å². The maximum atomic E-state index is 11.2. The largest absolute Gasteiger partial charge is 0.375 e. The summed E-state index contributed by atoms with van der Waals surface area (Å²) in [7, 11) is -1.79. The molecule has 3 fully saturated rings. The molecule has 0 spiro atoms. The van der Waals surface area contributed by atoms with Crippen LogP contribution in [0.25, 0.3) is 0 Å². The maximum Gasteiger partial charge on any atom is 0.156 e. The Labute approximate surface area is 126 Å². The molecule has 3 unspecified atom stereocenters. The van der Waals surface area contributed by atoms with Gasteiger partial charge >= 0.3 is 0 Å². The van der Waals surface area contributed by atoms with Gasteiger partial charge in [-0.1, -0.05) is 30.3 Å². The fourth-order valence-electron chi connectivity index (χ4n) is 2.67. The van der Waals surface area contributed by atoms with E-state index in [2.05, 4.69) is 0 Å². The summed E-state index contributed by atoms with van der Waals surface area (Å²) >= 11 is 0. The topological polar surface area (TPSA) is 78.6 Å². The SMILES string of the molecule is C1CC2CC1O2.COC(N)(CS(C)(=O)=O)c1ccccc1. The molecule has 21 heavy (non-hydrogen) atoms. The Bertz CT molecular complexity index is 541. The molecular weight excluding hydrogens is 290 g/mol. The third-order valence-corrected chi connectivity index (χ3v) is 4.78. The van der Waals surface area contributed by atoms with Crippen LogP contribution in [-0.2, 0) is 25.0 Å². The molecule has 1 aliphatic carbocycles. The zero-order valence-corrected chi connectivity index (χ0v) is 13.3. The summed E-state index contributed by atoms with van der Waals surface area (Å²) in [6.07, 6.45) is 6.55. The standard InChI is InChI=1S/C10H15NO3S.C5H8O/c1-14-10(11,8-15(2,12)13)9-6-4-3-5-7-9;1-2-5-3-4(1)6-5/h3-7H,8,11H2,1-2H3;4-5H,1-3H2. The van der Waals surface area contributed by atoms with Crippen molar-refractivity contribution in [3.8, 4) is 0 Å². The zero-order chi connectivity index (χ0) is 15.5. The molecule has 2 aliphatic heterocycles. The summed E-state index contributed by atoms with van der Waals surface area (Å²) in [6.45, 7) is 0. The number of hydrogen-bond acceptors (Lipinski definition) is 5. The summed E-state index contributed by atoms with van der Waals surface area (Å²) in [5.74, 6) is -0.236. The quantitative estimate of drug-likeness (QED) is 0.851. The van der Waals surface area contributed by atoms with Crippen molar-refractivity contribution in [2.75, 3.05) is 19.1 Å². The van der Waals surface area contributed by atoms with Gasteiger partial charge < -0.3 is 9.47 Å². The van der Waals surface area contributed by atoms with E-state index < -0.39 is 15.6 Å². The highest BCUT2D eigenvalue weighted by Crippen LogP contribution is 2.36. The molecule has 3 aliphatic rings. The minimum Gasteiger partial charge on any atom is -0.375 e. The predicted molar refractivity (Wildman–Crippen MR) is 81.5 cm³/mol. The lowest BCUT2D eigenvalue weighted by molar-refractivity contribution is -0.0647. The van der Waals surface area contributed by atoms with Crippen molar-refractivity contribution in [3.63, 3.8) is 0 Å². The second-order valence-electron chi connectivity index (χ2n) is 5.72. The minimum absolute atomic E-state index is 0.236. The van der Waals surface area contributed by atoms with Crippen LogP contribution in [-0.4, -0.2) is 39.7 Å². The van der Waals surface area contributed by atoms with Gasteiger partial charge in [0.2, 0.25) is 0 Å².